The second-order valence-electron chi connectivity index (χ2n) is 8.68. The Balaban J connectivity index is 1.59. The molecule has 180 valence electrons. The zero-order chi connectivity index (χ0) is 24.5. The Morgan fingerprint density at radius 3 is 2.11 bits per heavy atom. The minimum atomic E-state index is -0.393. The van der Waals surface area contributed by atoms with Gasteiger partial charge in [0.05, 0.1) is 38.7 Å². The van der Waals surface area contributed by atoms with Crippen LogP contribution in [-0.4, -0.2) is 27.1 Å². The summed E-state index contributed by atoms with van der Waals surface area (Å²) in [5.74, 6) is 1.27. The zero-order valence-corrected chi connectivity index (χ0v) is 19.9. The molecule has 0 bridgehead atoms. The molecule has 6 nitrogen and oxygen atoms in total. The van der Waals surface area contributed by atoms with Crippen molar-refractivity contribution in [3.63, 3.8) is 0 Å². The quantitative estimate of drug-likeness (QED) is 0.485. The van der Waals surface area contributed by atoms with Crippen molar-refractivity contribution in [3.8, 4) is 17.2 Å². The van der Waals surface area contributed by atoms with Crippen molar-refractivity contribution < 1.29 is 23.4 Å². The van der Waals surface area contributed by atoms with Crippen LogP contribution in [0.25, 0.3) is 0 Å². The topological polar surface area (TPSA) is 68.8 Å². The van der Waals surface area contributed by atoms with E-state index in [-0.39, 0.29) is 17.5 Å². The van der Waals surface area contributed by atoms with Gasteiger partial charge in [-0.25, -0.2) is 4.39 Å². The Labute approximate surface area is 203 Å². The average molecular weight is 475 g/mol. The van der Waals surface area contributed by atoms with Crippen molar-refractivity contribution in [2.24, 2.45) is 0 Å². The Morgan fingerprint density at radius 2 is 1.49 bits per heavy atom. The summed E-state index contributed by atoms with van der Waals surface area (Å²) in [6.07, 6.45) is 0.947. The van der Waals surface area contributed by atoms with Crippen LogP contribution in [0.2, 0.25) is 0 Å². The standard InChI is InChI=1S/C28H27FN2O4/c1-33-24-14-18(15-25(34-2)28(24)35-3)17-12-22-26(23(32)13-17)27(16-8-10-19(29)11-9-16)31-21-7-5-4-6-20(21)30-22/h4-11,14-15,17,27,30-31H,12-13H2,1-3H3/t17-,27+/m1/s1. The predicted octanol–water partition coefficient (Wildman–Crippen LogP) is 5.83. The molecular formula is C28H27FN2O4. The molecule has 3 aromatic rings. The van der Waals surface area contributed by atoms with Crippen molar-refractivity contribution in [2.75, 3.05) is 32.0 Å². The zero-order valence-electron chi connectivity index (χ0n) is 19.9. The van der Waals surface area contributed by atoms with E-state index in [0.717, 1.165) is 28.2 Å². The van der Waals surface area contributed by atoms with E-state index in [4.69, 9.17) is 14.2 Å². The molecule has 3 aromatic carbocycles. The number of benzene rings is 3. The minimum absolute atomic E-state index is 0.0344. The van der Waals surface area contributed by atoms with Gasteiger partial charge in [0.2, 0.25) is 5.75 Å². The lowest BCUT2D eigenvalue weighted by Gasteiger charge is -2.30. The highest BCUT2D eigenvalue weighted by atomic mass is 19.1. The van der Waals surface area contributed by atoms with E-state index >= 15 is 0 Å². The van der Waals surface area contributed by atoms with Crippen molar-refractivity contribution in [3.05, 3.63) is 88.9 Å². The van der Waals surface area contributed by atoms with E-state index in [1.807, 2.05) is 36.4 Å². The summed E-state index contributed by atoms with van der Waals surface area (Å²) in [5.41, 5.74) is 5.07. The second kappa shape index (κ2) is 9.33. The van der Waals surface area contributed by atoms with Gasteiger partial charge in [0.25, 0.3) is 0 Å². The predicted molar refractivity (Wildman–Crippen MR) is 133 cm³/mol. The number of para-hydroxylation sites is 2. The lowest BCUT2D eigenvalue weighted by Crippen LogP contribution is -2.27. The number of carbonyl (C=O) groups is 1. The molecule has 1 aliphatic carbocycles. The van der Waals surface area contributed by atoms with Crippen LogP contribution >= 0.6 is 0 Å². The number of allylic oxidation sites excluding steroid dienone is 1. The number of nitrogens with one attached hydrogen (secondary N) is 2. The first-order chi connectivity index (χ1) is 17.0. The number of methoxy groups -OCH3 is 3. The highest BCUT2D eigenvalue weighted by Crippen LogP contribution is 2.47. The molecule has 0 radical (unpaired) electrons. The summed E-state index contributed by atoms with van der Waals surface area (Å²) in [6.45, 7) is 0. The number of hydrogen-bond donors (Lipinski definition) is 2. The number of carbonyl (C=O) groups excluding carboxylic acids is 1. The number of ketones is 1. The van der Waals surface area contributed by atoms with Crippen molar-refractivity contribution >= 4 is 17.2 Å². The largest absolute Gasteiger partial charge is 0.493 e. The number of ether oxygens (including phenoxy) is 3. The van der Waals surface area contributed by atoms with Crippen molar-refractivity contribution in [1.82, 2.24) is 0 Å². The lowest BCUT2D eigenvalue weighted by molar-refractivity contribution is -0.116. The summed E-state index contributed by atoms with van der Waals surface area (Å²) in [4.78, 5) is 13.7. The summed E-state index contributed by atoms with van der Waals surface area (Å²) >= 11 is 0. The van der Waals surface area contributed by atoms with Gasteiger partial charge in [-0.2, -0.15) is 0 Å². The molecule has 0 aromatic heterocycles. The van der Waals surface area contributed by atoms with E-state index < -0.39 is 6.04 Å². The van der Waals surface area contributed by atoms with Gasteiger partial charge in [0.15, 0.2) is 17.3 Å². The molecule has 5 rings (SSSR count). The number of hydrogen-bond acceptors (Lipinski definition) is 6. The molecule has 1 heterocycles. The van der Waals surface area contributed by atoms with Crippen LogP contribution in [0.5, 0.6) is 17.2 Å². The van der Waals surface area contributed by atoms with Crippen LogP contribution in [-0.2, 0) is 4.79 Å². The molecule has 1 aliphatic heterocycles. The van der Waals surface area contributed by atoms with Crippen LogP contribution in [0.1, 0.15) is 35.9 Å². The molecule has 0 unspecified atom stereocenters. The van der Waals surface area contributed by atoms with E-state index in [1.54, 1.807) is 33.5 Å². The van der Waals surface area contributed by atoms with Gasteiger partial charge in [-0.15, -0.1) is 0 Å². The first kappa shape index (κ1) is 22.8. The molecule has 2 aliphatic rings. The molecule has 0 saturated heterocycles. The third kappa shape index (κ3) is 4.18. The molecule has 2 N–H and O–H groups in total. The average Bonchev–Trinajstić information content (AvgIpc) is 3.05. The van der Waals surface area contributed by atoms with Gasteiger partial charge >= 0.3 is 0 Å². The van der Waals surface area contributed by atoms with Crippen LogP contribution in [0, 0.1) is 5.82 Å². The van der Waals surface area contributed by atoms with E-state index in [2.05, 4.69) is 10.6 Å². The van der Waals surface area contributed by atoms with E-state index in [0.29, 0.717) is 35.7 Å². The maximum absolute atomic E-state index is 13.7. The monoisotopic (exact) mass is 474 g/mol. The fraction of sp³-hybridized carbons (Fsp3) is 0.250. The summed E-state index contributed by atoms with van der Waals surface area (Å²) in [5, 5.41) is 7.03. The van der Waals surface area contributed by atoms with Gasteiger partial charge in [-0.3, -0.25) is 4.79 Å². The van der Waals surface area contributed by atoms with Crippen LogP contribution in [0.3, 0.4) is 0 Å². The molecule has 35 heavy (non-hydrogen) atoms. The Hall–Kier alpha value is -4.00. The normalized spacial score (nSPS) is 19.0. The second-order valence-corrected chi connectivity index (χ2v) is 8.68. The number of rotatable bonds is 5. The fourth-order valence-electron chi connectivity index (χ4n) is 4.97. The van der Waals surface area contributed by atoms with Gasteiger partial charge in [0.1, 0.15) is 5.82 Å². The van der Waals surface area contributed by atoms with Crippen LogP contribution < -0.4 is 24.8 Å². The molecule has 0 fully saturated rings. The Bertz CT molecular complexity index is 1280. The van der Waals surface area contributed by atoms with Crippen LogP contribution in [0.4, 0.5) is 15.8 Å². The third-order valence-electron chi connectivity index (χ3n) is 6.67. The molecule has 0 spiro atoms. The summed E-state index contributed by atoms with van der Waals surface area (Å²) in [6, 6.07) is 17.6. The smallest absolute Gasteiger partial charge is 0.203 e. The SMILES string of the molecule is COc1cc([C@H]2CC(=O)C3=C(C2)Nc2ccccc2N[C@H]3c2ccc(F)cc2)cc(OC)c1OC. The van der Waals surface area contributed by atoms with Gasteiger partial charge < -0.3 is 24.8 Å². The van der Waals surface area contributed by atoms with Crippen LogP contribution in [0.15, 0.2) is 71.9 Å². The Morgan fingerprint density at radius 1 is 0.829 bits per heavy atom. The maximum atomic E-state index is 13.7. The lowest BCUT2D eigenvalue weighted by atomic mass is 9.78. The molecule has 2 atom stereocenters. The number of Topliss-reactive ketones (excluding diaryl/α,β-unsaturated/α-hetero) is 1. The third-order valence-corrected chi connectivity index (χ3v) is 6.67. The molecular weight excluding hydrogens is 447 g/mol. The highest BCUT2D eigenvalue weighted by molar-refractivity contribution is 6.01. The molecule has 7 heteroatoms. The van der Waals surface area contributed by atoms with Gasteiger partial charge in [-0.1, -0.05) is 24.3 Å². The minimum Gasteiger partial charge on any atom is -0.493 e. The maximum Gasteiger partial charge on any atom is 0.203 e. The van der Waals surface area contributed by atoms with Crippen molar-refractivity contribution in [2.45, 2.75) is 24.8 Å². The van der Waals surface area contributed by atoms with Gasteiger partial charge in [0, 0.05) is 17.7 Å². The number of anilines is 2. The Kier molecular flexibility index (Phi) is 6.07. The molecule has 0 saturated carbocycles. The first-order valence-corrected chi connectivity index (χ1v) is 11.5. The number of halogens is 1. The van der Waals surface area contributed by atoms with Crippen molar-refractivity contribution in [1.29, 1.82) is 0 Å². The summed E-state index contributed by atoms with van der Waals surface area (Å²) < 4.78 is 30.2. The van der Waals surface area contributed by atoms with E-state index in [9.17, 15) is 9.18 Å². The highest BCUT2D eigenvalue weighted by Gasteiger charge is 2.36. The molecule has 0 amide bonds. The van der Waals surface area contributed by atoms with Gasteiger partial charge in [-0.05, 0) is 59.9 Å². The first-order valence-electron chi connectivity index (χ1n) is 11.5. The van der Waals surface area contributed by atoms with E-state index in [1.165, 1.54) is 12.1 Å². The fourth-order valence-corrected chi connectivity index (χ4v) is 4.97. The number of fused-ring (bicyclic) bond motifs is 1. The summed E-state index contributed by atoms with van der Waals surface area (Å²) in [7, 11) is 4.73.